The van der Waals surface area contributed by atoms with Gasteiger partial charge in [-0.2, -0.15) is 0 Å². The summed E-state index contributed by atoms with van der Waals surface area (Å²) >= 11 is 6.10. The minimum Gasteiger partial charge on any atom is -0.325 e. The Labute approximate surface area is 193 Å². The number of amides is 1. The van der Waals surface area contributed by atoms with Crippen LogP contribution in [0.3, 0.4) is 0 Å². The molecular formula is C27H26ClN3O. The number of fused-ring (bicyclic) bond motifs is 1. The van der Waals surface area contributed by atoms with Crippen molar-refractivity contribution in [3.8, 4) is 11.3 Å². The number of anilines is 1. The van der Waals surface area contributed by atoms with Gasteiger partial charge in [0, 0.05) is 28.7 Å². The topological polar surface area (TPSA) is 46.4 Å². The molecule has 0 saturated heterocycles. The molecule has 1 aliphatic carbocycles. The fourth-order valence-electron chi connectivity index (χ4n) is 4.78. The van der Waals surface area contributed by atoms with Crippen LogP contribution in [0, 0.1) is 13.8 Å². The normalized spacial score (nSPS) is 15.2. The highest BCUT2D eigenvalue weighted by atomic mass is 35.5. The van der Waals surface area contributed by atoms with Crippen molar-refractivity contribution in [3.63, 3.8) is 0 Å². The largest absolute Gasteiger partial charge is 0.325 e. The van der Waals surface area contributed by atoms with E-state index in [1.54, 1.807) is 0 Å². The third-order valence-corrected chi connectivity index (χ3v) is 6.94. The summed E-state index contributed by atoms with van der Waals surface area (Å²) in [5.41, 5.74) is 6.37. The van der Waals surface area contributed by atoms with Gasteiger partial charge in [0.2, 0.25) is 5.91 Å². The number of benzene rings is 2. The monoisotopic (exact) mass is 443 g/mol. The molecule has 0 unspecified atom stereocenters. The SMILES string of the molecule is Cc1ccn2cc(-c3ccc(C)c(NC(=O)C4(c5ccc(Cl)cc5)CCCC4)c3)nc2c1. The maximum atomic E-state index is 13.6. The molecule has 32 heavy (non-hydrogen) atoms. The zero-order valence-electron chi connectivity index (χ0n) is 18.4. The molecule has 2 aromatic heterocycles. The van der Waals surface area contributed by atoms with Gasteiger partial charge in [-0.15, -0.1) is 0 Å². The Kier molecular flexibility index (Phi) is 5.26. The van der Waals surface area contributed by atoms with E-state index >= 15 is 0 Å². The number of aromatic nitrogens is 2. The van der Waals surface area contributed by atoms with Crippen molar-refractivity contribution in [1.29, 1.82) is 0 Å². The number of aryl methyl sites for hydroxylation is 2. The first-order valence-electron chi connectivity index (χ1n) is 11.1. The molecule has 0 bridgehead atoms. The molecule has 1 N–H and O–H groups in total. The summed E-state index contributed by atoms with van der Waals surface area (Å²) in [5.74, 6) is 0.0585. The number of rotatable bonds is 4. The van der Waals surface area contributed by atoms with E-state index in [0.29, 0.717) is 5.02 Å². The fourth-order valence-corrected chi connectivity index (χ4v) is 4.90. The molecule has 0 aliphatic heterocycles. The predicted octanol–water partition coefficient (Wildman–Crippen LogP) is 6.72. The van der Waals surface area contributed by atoms with Gasteiger partial charge in [0.05, 0.1) is 11.1 Å². The fraction of sp³-hybridized carbons (Fsp3) is 0.259. The summed E-state index contributed by atoms with van der Waals surface area (Å²) in [6.45, 7) is 4.09. The molecule has 5 heteroatoms. The van der Waals surface area contributed by atoms with Crippen molar-refractivity contribution in [2.45, 2.75) is 44.9 Å². The molecule has 2 heterocycles. The number of imidazole rings is 1. The van der Waals surface area contributed by atoms with Crippen LogP contribution in [-0.2, 0) is 10.2 Å². The molecule has 5 rings (SSSR count). The van der Waals surface area contributed by atoms with E-state index in [0.717, 1.165) is 59.4 Å². The lowest BCUT2D eigenvalue weighted by Gasteiger charge is -2.29. The molecule has 4 aromatic rings. The maximum Gasteiger partial charge on any atom is 0.235 e. The number of hydrogen-bond donors (Lipinski definition) is 1. The van der Waals surface area contributed by atoms with E-state index in [2.05, 4.69) is 30.4 Å². The molecule has 0 radical (unpaired) electrons. The summed E-state index contributed by atoms with van der Waals surface area (Å²) in [4.78, 5) is 18.4. The van der Waals surface area contributed by atoms with Gasteiger partial charge in [-0.3, -0.25) is 4.79 Å². The zero-order valence-corrected chi connectivity index (χ0v) is 19.1. The van der Waals surface area contributed by atoms with Crippen LogP contribution >= 0.6 is 11.6 Å². The number of nitrogens with zero attached hydrogens (tertiary/aromatic N) is 2. The van der Waals surface area contributed by atoms with Crippen molar-refractivity contribution in [3.05, 3.63) is 88.7 Å². The molecule has 0 spiro atoms. The molecular weight excluding hydrogens is 418 g/mol. The second-order valence-electron chi connectivity index (χ2n) is 8.88. The molecule has 2 aromatic carbocycles. The Balaban J connectivity index is 1.48. The minimum atomic E-state index is -0.506. The molecule has 1 aliphatic rings. The molecule has 1 fully saturated rings. The average molecular weight is 444 g/mol. The zero-order chi connectivity index (χ0) is 22.3. The van der Waals surface area contributed by atoms with Crippen LogP contribution in [0.15, 0.2) is 67.0 Å². The third-order valence-electron chi connectivity index (χ3n) is 6.69. The highest BCUT2D eigenvalue weighted by molar-refractivity contribution is 6.30. The second kappa shape index (κ2) is 8.10. The van der Waals surface area contributed by atoms with Gasteiger partial charge in [-0.05, 0) is 73.7 Å². The number of carbonyl (C=O) groups is 1. The average Bonchev–Trinajstić information content (AvgIpc) is 3.43. The lowest BCUT2D eigenvalue weighted by Crippen LogP contribution is -2.38. The van der Waals surface area contributed by atoms with E-state index in [1.165, 1.54) is 5.56 Å². The summed E-state index contributed by atoms with van der Waals surface area (Å²) in [7, 11) is 0. The number of pyridine rings is 1. The van der Waals surface area contributed by atoms with Crippen LogP contribution in [0.1, 0.15) is 42.4 Å². The van der Waals surface area contributed by atoms with Crippen molar-refractivity contribution in [2.24, 2.45) is 0 Å². The van der Waals surface area contributed by atoms with Crippen LogP contribution in [-0.4, -0.2) is 15.3 Å². The maximum absolute atomic E-state index is 13.6. The van der Waals surface area contributed by atoms with E-state index in [4.69, 9.17) is 16.6 Å². The van der Waals surface area contributed by atoms with Crippen LogP contribution < -0.4 is 5.32 Å². The van der Waals surface area contributed by atoms with Gasteiger partial charge in [-0.25, -0.2) is 4.98 Å². The van der Waals surface area contributed by atoms with E-state index < -0.39 is 5.41 Å². The highest BCUT2D eigenvalue weighted by Crippen LogP contribution is 2.42. The van der Waals surface area contributed by atoms with Gasteiger partial charge in [0.1, 0.15) is 5.65 Å². The quantitative estimate of drug-likeness (QED) is 0.380. The van der Waals surface area contributed by atoms with E-state index in [-0.39, 0.29) is 5.91 Å². The first kappa shape index (κ1) is 20.8. The highest BCUT2D eigenvalue weighted by Gasteiger charge is 2.42. The van der Waals surface area contributed by atoms with Gasteiger partial charge in [-0.1, -0.05) is 48.7 Å². The lowest BCUT2D eigenvalue weighted by atomic mass is 9.78. The Morgan fingerprint density at radius 3 is 2.53 bits per heavy atom. The lowest BCUT2D eigenvalue weighted by molar-refractivity contribution is -0.121. The van der Waals surface area contributed by atoms with Crippen molar-refractivity contribution in [1.82, 2.24) is 9.38 Å². The van der Waals surface area contributed by atoms with Crippen molar-refractivity contribution >= 4 is 28.8 Å². The van der Waals surface area contributed by atoms with Gasteiger partial charge in [0.15, 0.2) is 0 Å². The molecule has 4 nitrogen and oxygen atoms in total. The van der Waals surface area contributed by atoms with Crippen LogP contribution in [0.25, 0.3) is 16.9 Å². The molecule has 1 saturated carbocycles. The minimum absolute atomic E-state index is 0.0585. The summed E-state index contributed by atoms with van der Waals surface area (Å²) in [5, 5.41) is 3.94. The second-order valence-corrected chi connectivity index (χ2v) is 9.31. The summed E-state index contributed by atoms with van der Waals surface area (Å²) in [6, 6.07) is 18.0. The molecule has 1 amide bonds. The summed E-state index contributed by atoms with van der Waals surface area (Å²) < 4.78 is 2.02. The predicted molar refractivity (Wildman–Crippen MR) is 130 cm³/mol. The first-order chi connectivity index (χ1) is 15.4. The number of hydrogen-bond acceptors (Lipinski definition) is 2. The molecule has 0 atom stereocenters. The Hall–Kier alpha value is -3.11. The number of halogens is 1. The van der Waals surface area contributed by atoms with Gasteiger partial charge >= 0.3 is 0 Å². The smallest absolute Gasteiger partial charge is 0.235 e. The van der Waals surface area contributed by atoms with Crippen molar-refractivity contribution < 1.29 is 4.79 Å². The van der Waals surface area contributed by atoms with E-state index in [9.17, 15) is 4.79 Å². The Bertz CT molecular complexity index is 1300. The van der Waals surface area contributed by atoms with Crippen LogP contribution in [0.4, 0.5) is 5.69 Å². The molecule has 162 valence electrons. The van der Waals surface area contributed by atoms with Gasteiger partial charge < -0.3 is 9.72 Å². The van der Waals surface area contributed by atoms with Crippen LogP contribution in [0.5, 0.6) is 0 Å². The summed E-state index contributed by atoms with van der Waals surface area (Å²) in [6.07, 6.45) is 7.85. The first-order valence-corrected chi connectivity index (χ1v) is 11.5. The standard InChI is InChI=1S/C27H26ClN3O/c1-18-11-14-31-17-24(29-25(31)15-18)20-6-5-19(2)23(16-20)30-26(32)27(12-3-4-13-27)21-7-9-22(28)10-8-21/h5-11,14-17H,3-4,12-13H2,1-2H3,(H,30,32). The Morgan fingerprint density at radius 1 is 1.03 bits per heavy atom. The number of nitrogens with one attached hydrogen (secondary N) is 1. The van der Waals surface area contributed by atoms with Gasteiger partial charge in [0.25, 0.3) is 0 Å². The van der Waals surface area contributed by atoms with E-state index in [1.807, 2.05) is 60.1 Å². The number of carbonyl (C=O) groups excluding carboxylic acids is 1. The third kappa shape index (κ3) is 3.69. The van der Waals surface area contributed by atoms with Crippen molar-refractivity contribution in [2.75, 3.05) is 5.32 Å². The Morgan fingerprint density at radius 2 is 1.78 bits per heavy atom. The van der Waals surface area contributed by atoms with Crippen LogP contribution in [0.2, 0.25) is 5.02 Å².